The van der Waals surface area contributed by atoms with Crippen LogP contribution in [0, 0.1) is 0 Å². The van der Waals surface area contributed by atoms with Gasteiger partial charge in [0.2, 0.25) is 5.91 Å². The van der Waals surface area contributed by atoms with Gasteiger partial charge in [0.1, 0.15) is 0 Å². The van der Waals surface area contributed by atoms with Crippen molar-refractivity contribution in [2.24, 2.45) is 5.84 Å². The van der Waals surface area contributed by atoms with Crippen LogP contribution in [0.1, 0.15) is 33.1 Å². The molecule has 0 radical (unpaired) electrons. The van der Waals surface area contributed by atoms with Gasteiger partial charge in [0, 0.05) is 12.8 Å². The minimum Gasteiger partial charge on any atom is -0.295 e. The molecule has 0 spiro atoms. The lowest BCUT2D eigenvalue weighted by molar-refractivity contribution is -0.119. The van der Waals surface area contributed by atoms with Crippen molar-refractivity contribution in [3.05, 3.63) is 0 Å². The van der Waals surface area contributed by atoms with Gasteiger partial charge in [0.05, 0.1) is 0 Å². The Bertz CT molecular complexity index is 84.5. The average Bonchev–Trinajstić information content (AvgIpc) is 2.02. The SMILES string of the molecule is CC(=O)NN.CCCCCCl. The van der Waals surface area contributed by atoms with Crippen LogP contribution in [0.2, 0.25) is 0 Å². The van der Waals surface area contributed by atoms with Crippen molar-refractivity contribution in [2.75, 3.05) is 5.88 Å². The van der Waals surface area contributed by atoms with Crippen molar-refractivity contribution in [3.8, 4) is 0 Å². The van der Waals surface area contributed by atoms with E-state index in [9.17, 15) is 4.79 Å². The lowest BCUT2D eigenvalue weighted by Crippen LogP contribution is -2.26. The number of nitrogens with two attached hydrogens (primary N) is 1. The Labute approximate surface area is 73.3 Å². The third-order valence-corrected chi connectivity index (χ3v) is 1.21. The fourth-order valence-corrected chi connectivity index (χ4v) is 0.533. The summed E-state index contributed by atoms with van der Waals surface area (Å²) in [7, 11) is 0. The molecule has 3 nitrogen and oxygen atoms in total. The minimum atomic E-state index is -0.218. The molecular weight excluding hydrogens is 164 g/mol. The average molecular weight is 181 g/mol. The quantitative estimate of drug-likeness (QED) is 0.227. The number of rotatable bonds is 3. The number of halogens is 1. The van der Waals surface area contributed by atoms with Crippen LogP contribution in [0.3, 0.4) is 0 Å². The van der Waals surface area contributed by atoms with Gasteiger partial charge in [-0.15, -0.1) is 11.6 Å². The van der Waals surface area contributed by atoms with E-state index in [1.165, 1.54) is 26.2 Å². The Balaban J connectivity index is 0. The van der Waals surface area contributed by atoms with Crippen molar-refractivity contribution in [1.29, 1.82) is 0 Å². The third kappa shape index (κ3) is 26.0. The summed E-state index contributed by atoms with van der Waals surface area (Å²) < 4.78 is 0. The summed E-state index contributed by atoms with van der Waals surface area (Å²) in [5.74, 6) is 5.18. The van der Waals surface area contributed by atoms with Crippen LogP contribution < -0.4 is 11.3 Å². The summed E-state index contributed by atoms with van der Waals surface area (Å²) in [5.41, 5.74) is 1.89. The second-order valence-electron chi connectivity index (χ2n) is 2.10. The van der Waals surface area contributed by atoms with Gasteiger partial charge < -0.3 is 0 Å². The lowest BCUT2D eigenvalue weighted by atomic mass is 10.3. The highest BCUT2D eigenvalue weighted by molar-refractivity contribution is 6.17. The van der Waals surface area contributed by atoms with Crippen LogP contribution in [-0.2, 0) is 4.79 Å². The number of hydrazine groups is 1. The summed E-state index contributed by atoms with van der Waals surface area (Å²) >= 11 is 5.38. The first kappa shape index (κ1) is 13.3. The summed E-state index contributed by atoms with van der Waals surface area (Å²) in [6.07, 6.45) is 3.73. The van der Waals surface area contributed by atoms with Crippen molar-refractivity contribution >= 4 is 17.5 Å². The molecule has 0 saturated heterocycles. The van der Waals surface area contributed by atoms with E-state index in [1.54, 1.807) is 0 Å². The van der Waals surface area contributed by atoms with E-state index in [2.05, 4.69) is 12.8 Å². The third-order valence-electron chi connectivity index (χ3n) is 0.940. The molecule has 0 saturated carbocycles. The molecule has 0 heterocycles. The fraction of sp³-hybridized carbons (Fsp3) is 0.857. The smallest absolute Gasteiger partial charge is 0.230 e. The highest BCUT2D eigenvalue weighted by Crippen LogP contribution is 1.93. The highest BCUT2D eigenvalue weighted by atomic mass is 35.5. The predicted octanol–water partition coefficient (Wildman–Crippen LogP) is 1.41. The first-order valence-electron chi connectivity index (χ1n) is 3.72. The van der Waals surface area contributed by atoms with Gasteiger partial charge in [-0.25, -0.2) is 5.84 Å². The van der Waals surface area contributed by atoms with Crippen LogP contribution >= 0.6 is 11.6 Å². The zero-order valence-corrected chi connectivity index (χ0v) is 7.95. The summed E-state index contributed by atoms with van der Waals surface area (Å²) in [4.78, 5) is 9.58. The Hall–Kier alpha value is -0.280. The molecule has 0 rings (SSSR count). The van der Waals surface area contributed by atoms with E-state index in [0.717, 1.165) is 5.88 Å². The van der Waals surface area contributed by atoms with Gasteiger partial charge >= 0.3 is 0 Å². The molecule has 3 N–H and O–H groups in total. The van der Waals surface area contributed by atoms with E-state index >= 15 is 0 Å². The highest BCUT2D eigenvalue weighted by Gasteiger charge is 1.76. The second-order valence-corrected chi connectivity index (χ2v) is 2.47. The zero-order chi connectivity index (χ0) is 9.11. The molecule has 0 aromatic heterocycles. The molecule has 0 bridgehead atoms. The maximum atomic E-state index is 9.58. The fourth-order valence-electron chi connectivity index (χ4n) is 0.344. The summed E-state index contributed by atoms with van der Waals surface area (Å²) in [6, 6.07) is 0. The molecule has 0 fully saturated rings. The van der Waals surface area contributed by atoms with Gasteiger partial charge in [0.15, 0.2) is 0 Å². The molecule has 0 atom stereocenters. The van der Waals surface area contributed by atoms with Crippen LogP contribution in [0.5, 0.6) is 0 Å². The van der Waals surface area contributed by atoms with Gasteiger partial charge in [-0.05, 0) is 6.42 Å². The number of carbonyl (C=O) groups is 1. The molecular formula is C7H17ClN2O. The first-order chi connectivity index (χ1) is 5.18. The largest absolute Gasteiger partial charge is 0.295 e. The molecule has 0 aliphatic carbocycles. The van der Waals surface area contributed by atoms with E-state index < -0.39 is 0 Å². The molecule has 0 unspecified atom stereocenters. The van der Waals surface area contributed by atoms with Crippen LogP contribution in [0.4, 0.5) is 0 Å². The van der Waals surface area contributed by atoms with Gasteiger partial charge in [-0.1, -0.05) is 19.8 Å². The molecule has 0 aliphatic heterocycles. The molecule has 0 aliphatic rings. The van der Waals surface area contributed by atoms with Gasteiger partial charge in [0.25, 0.3) is 0 Å². The number of hydrogen-bond donors (Lipinski definition) is 2. The minimum absolute atomic E-state index is 0.218. The lowest BCUT2D eigenvalue weighted by Gasteiger charge is -1.84. The number of unbranched alkanes of at least 4 members (excludes halogenated alkanes) is 2. The Morgan fingerprint density at radius 2 is 2.00 bits per heavy atom. The Kier molecular flexibility index (Phi) is 15.0. The van der Waals surface area contributed by atoms with E-state index in [4.69, 9.17) is 11.6 Å². The topological polar surface area (TPSA) is 55.1 Å². The first-order valence-corrected chi connectivity index (χ1v) is 4.25. The van der Waals surface area contributed by atoms with Crippen molar-refractivity contribution < 1.29 is 4.79 Å². The van der Waals surface area contributed by atoms with Crippen LogP contribution in [0.25, 0.3) is 0 Å². The number of amides is 1. The maximum absolute atomic E-state index is 9.58. The molecule has 68 valence electrons. The monoisotopic (exact) mass is 180 g/mol. The number of nitrogens with one attached hydrogen (secondary N) is 1. The van der Waals surface area contributed by atoms with E-state index in [1.807, 2.05) is 5.43 Å². The molecule has 0 aromatic rings. The van der Waals surface area contributed by atoms with E-state index in [-0.39, 0.29) is 5.91 Å². The molecule has 4 heteroatoms. The maximum Gasteiger partial charge on any atom is 0.230 e. The van der Waals surface area contributed by atoms with Crippen LogP contribution in [-0.4, -0.2) is 11.8 Å². The van der Waals surface area contributed by atoms with Crippen LogP contribution in [0.15, 0.2) is 0 Å². The predicted molar refractivity (Wildman–Crippen MR) is 48.2 cm³/mol. The zero-order valence-electron chi connectivity index (χ0n) is 7.19. The summed E-state index contributed by atoms with van der Waals surface area (Å²) in [6.45, 7) is 3.52. The number of alkyl halides is 1. The van der Waals surface area contributed by atoms with Crippen molar-refractivity contribution in [3.63, 3.8) is 0 Å². The standard InChI is InChI=1S/C5H11Cl.C2H6N2O/c1-2-3-4-5-6;1-2(5)4-3/h2-5H2,1H3;3H2,1H3,(H,4,5). The van der Waals surface area contributed by atoms with E-state index in [0.29, 0.717) is 0 Å². The molecule has 1 amide bonds. The molecule has 11 heavy (non-hydrogen) atoms. The summed E-state index contributed by atoms with van der Waals surface area (Å²) in [5, 5.41) is 0. The van der Waals surface area contributed by atoms with Gasteiger partial charge in [-0.3, -0.25) is 10.2 Å². The van der Waals surface area contributed by atoms with Gasteiger partial charge in [-0.2, -0.15) is 0 Å². The Morgan fingerprint density at radius 3 is 2.09 bits per heavy atom. The van der Waals surface area contributed by atoms with Crippen molar-refractivity contribution in [1.82, 2.24) is 5.43 Å². The second kappa shape index (κ2) is 12.4. The van der Waals surface area contributed by atoms with Crippen molar-refractivity contribution in [2.45, 2.75) is 33.1 Å². The number of hydrogen-bond acceptors (Lipinski definition) is 2. The number of carbonyl (C=O) groups excluding carboxylic acids is 1. The normalized spacial score (nSPS) is 8.00. The Morgan fingerprint density at radius 1 is 1.55 bits per heavy atom. The molecule has 0 aromatic carbocycles.